The summed E-state index contributed by atoms with van der Waals surface area (Å²) in [6, 6.07) is 4.77. The van der Waals surface area contributed by atoms with E-state index in [0.29, 0.717) is 11.4 Å². The summed E-state index contributed by atoms with van der Waals surface area (Å²) in [6.07, 6.45) is 0. The molecule has 1 amide bonds. The average molecular weight is 273 g/mol. The van der Waals surface area contributed by atoms with Crippen molar-refractivity contribution in [2.24, 2.45) is 5.73 Å². The van der Waals surface area contributed by atoms with Crippen LogP contribution in [0.5, 0.6) is 5.75 Å². The molecule has 4 nitrogen and oxygen atoms in total. The van der Waals surface area contributed by atoms with Gasteiger partial charge in [0.15, 0.2) is 0 Å². The lowest BCUT2D eigenvalue weighted by atomic mass is 10.2. The number of ether oxygens (including phenoxy) is 1. The van der Waals surface area contributed by atoms with E-state index in [9.17, 15) is 4.79 Å². The highest BCUT2D eigenvalue weighted by atomic mass is 79.9. The van der Waals surface area contributed by atoms with Crippen LogP contribution in [0.2, 0.25) is 0 Å². The molecule has 0 unspecified atom stereocenters. The number of carbonyl (C=O) groups is 1. The summed E-state index contributed by atoms with van der Waals surface area (Å²) in [6.45, 7) is 1.63. The molecule has 1 atom stereocenters. The first-order chi connectivity index (χ1) is 7.04. The Labute approximate surface area is 96.9 Å². The van der Waals surface area contributed by atoms with Gasteiger partial charge in [0.05, 0.1) is 17.6 Å². The quantitative estimate of drug-likeness (QED) is 0.881. The lowest BCUT2D eigenvalue weighted by molar-refractivity contribution is -0.117. The summed E-state index contributed by atoms with van der Waals surface area (Å²) in [5.74, 6) is 0.442. The molecule has 0 heterocycles. The van der Waals surface area contributed by atoms with Crippen LogP contribution in [0.4, 0.5) is 5.69 Å². The summed E-state index contributed by atoms with van der Waals surface area (Å²) in [5, 5.41) is 2.68. The molecule has 0 radical (unpaired) electrons. The van der Waals surface area contributed by atoms with Gasteiger partial charge in [0.25, 0.3) is 0 Å². The van der Waals surface area contributed by atoms with E-state index in [-0.39, 0.29) is 5.91 Å². The van der Waals surface area contributed by atoms with Crippen LogP contribution in [-0.4, -0.2) is 19.1 Å². The normalized spacial score (nSPS) is 12.0. The number of anilines is 1. The number of amides is 1. The molecule has 0 fully saturated rings. The molecule has 1 aromatic rings. The van der Waals surface area contributed by atoms with Crippen molar-refractivity contribution in [3.05, 3.63) is 22.7 Å². The number of hydrogen-bond donors (Lipinski definition) is 2. The zero-order chi connectivity index (χ0) is 11.4. The number of nitrogens with two attached hydrogens (primary N) is 1. The van der Waals surface area contributed by atoms with E-state index in [2.05, 4.69) is 21.2 Å². The second-order valence-corrected chi connectivity index (χ2v) is 3.98. The fraction of sp³-hybridized carbons (Fsp3) is 0.300. The van der Waals surface area contributed by atoms with E-state index < -0.39 is 6.04 Å². The van der Waals surface area contributed by atoms with Crippen molar-refractivity contribution in [1.29, 1.82) is 0 Å². The van der Waals surface area contributed by atoms with Crippen LogP contribution in [0, 0.1) is 0 Å². The molecule has 82 valence electrons. The predicted octanol–water partition coefficient (Wildman–Crippen LogP) is 1.74. The first kappa shape index (κ1) is 12.0. The topological polar surface area (TPSA) is 64.3 Å². The minimum Gasteiger partial charge on any atom is -0.495 e. The Balaban J connectivity index is 2.83. The molecule has 0 saturated heterocycles. The maximum absolute atomic E-state index is 11.3. The Morgan fingerprint density at radius 1 is 1.60 bits per heavy atom. The number of hydrogen-bond acceptors (Lipinski definition) is 3. The fourth-order valence-electron chi connectivity index (χ4n) is 0.994. The van der Waals surface area contributed by atoms with E-state index in [1.807, 2.05) is 0 Å². The van der Waals surface area contributed by atoms with E-state index >= 15 is 0 Å². The van der Waals surface area contributed by atoms with E-state index in [0.717, 1.165) is 4.47 Å². The fourth-order valence-corrected chi connectivity index (χ4v) is 1.40. The van der Waals surface area contributed by atoms with Gasteiger partial charge in [-0.25, -0.2) is 0 Å². The van der Waals surface area contributed by atoms with Gasteiger partial charge in [0.2, 0.25) is 5.91 Å². The molecule has 0 saturated carbocycles. The molecule has 1 aromatic carbocycles. The second-order valence-electron chi connectivity index (χ2n) is 3.13. The van der Waals surface area contributed by atoms with Crippen LogP contribution in [0.3, 0.4) is 0 Å². The predicted molar refractivity (Wildman–Crippen MR) is 63.0 cm³/mol. The summed E-state index contributed by atoms with van der Waals surface area (Å²) < 4.78 is 5.94. The zero-order valence-electron chi connectivity index (χ0n) is 8.58. The maximum atomic E-state index is 11.3. The third-order valence-corrected chi connectivity index (χ3v) is 2.49. The van der Waals surface area contributed by atoms with Gasteiger partial charge in [-0.2, -0.15) is 0 Å². The molecule has 0 aromatic heterocycles. The van der Waals surface area contributed by atoms with Crippen molar-refractivity contribution in [2.45, 2.75) is 13.0 Å². The van der Waals surface area contributed by atoms with Gasteiger partial charge in [0, 0.05) is 11.8 Å². The Hall–Kier alpha value is -1.07. The number of benzene rings is 1. The van der Waals surface area contributed by atoms with Gasteiger partial charge >= 0.3 is 0 Å². The SMILES string of the molecule is COc1cc(NC(=O)[C@H](C)N)ccc1Br. The zero-order valence-corrected chi connectivity index (χ0v) is 10.2. The summed E-state index contributed by atoms with van der Waals surface area (Å²) >= 11 is 3.32. The third kappa shape index (κ3) is 3.21. The average Bonchev–Trinajstić information content (AvgIpc) is 2.20. The van der Waals surface area contributed by atoms with Gasteiger partial charge in [-0.3, -0.25) is 4.79 Å². The van der Waals surface area contributed by atoms with Gasteiger partial charge in [-0.05, 0) is 35.0 Å². The number of nitrogens with one attached hydrogen (secondary N) is 1. The Morgan fingerprint density at radius 3 is 2.80 bits per heavy atom. The smallest absolute Gasteiger partial charge is 0.241 e. The minimum absolute atomic E-state index is 0.223. The molecule has 0 spiro atoms. The van der Waals surface area contributed by atoms with Crippen molar-refractivity contribution in [3.63, 3.8) is 0 Å². The molecule has 1 rings (SSSR count). The standard InChI is InChI=1S/C10H13BrN2O2/c1-6(12)10(14)13-7-3-4-8(11)9(5-7)15-2/h3-6H,12H2,1-2H3,(H,13,14)/t6-/m0/s1. The first-order valence-corrected chi connectivity index (χ1v) is 5.24. The number of methoxy groups -OCH3 is 1. The van der Waals surface area contributed by atoms with Crippen molar-refractivity contribution in [3.8, 4) is 5.75 Å². The maximum Gasteiger partial charge on any atom is 0.241 e. The molecule has 15 heavy (non-hydrogen) atoms. The molecule has 0 aliphatic carbocycles. The van der Waals surface area contributed by atoms with Crippen LogP contribution in [0.15, 0.2) is 22.7 Å². The van der Waals surface area contributed by atoms with Crippen LogP contribution >= 0.6 is 15.9 Å². The third-order valence-electron chi connectivity index (χ3n) is 1.83. The number of carbonyl (C=O) groups excluding carboxylic acids is 1. The molecular weight excluding hydrogens is 260 g/mol. The second kappa shape index (κ2) is 5.14. The van der Waals surface area contributed by atoms with E-state index in [1.165, 1.54) is 0 Å². The van der Waals surface area contributed by atoms with Crippen molar-refractivity contribution in [2.75, 3.05) is 12.4 Å². The van der Waals surface area contributed by atoms with Gasteiger partial charge in [0.1, 0.15) is 5.75 Å². The van der Waals surface area contributed by atoms with Gasteiger partial charge in [-0.15, -0.1) is 0 Å². The molecule has 0 bridgehead atoms. The number of halogens is 1. The van der Waals surface area contributed by atoms with Crippen molar-refractivity contribution in [1.82, 2.24) is 0 Å². The van der Waals surface area contributed by atoms with Crippen LogP contribution < -0.4 is 15.8 Å². The highest BCUT2D eigenvalue weighted by molar-refractivity contribution is 9.10. The number of rotatable bonds is 3. The first-order valence-electron chi connectivity index (χ1n) is 4.44. The molecule has 3 N–H and O–H groups in total. The van der Waals surface area contributed by atoms with Crippen molar-refractivity contribution < 1.29 is 9.53 Å². The Bertz CT molecular complexity index is 366. The van der Waals surface area contributed by atoms with E-state index in [1.54, 1.807) is 32.2 Å². The monoisotopic (exact) mass is 272 g/mol. The largest absolute Gasteiger partial charge is 0.495 e. The lowest BCUT2D eigenvalue weighted by Crippen LogP contribution is -2.32. The van der Waals surface area contributed by atoms with Crippen LogP contribution in [0.1, 0.15) is 6.92 Å². The Kier molecular flexibility index (Phi) is 4.11. The molecule has 0 aliphatic rings. The molecular formula is C10H13BrN2O2. The van der Waals surface area contributed by atoms with Crippen LogP contribution in [0.25, 0.3) is 0 Å². The molecule has 5 heteroatoms. The molecule has 0 aliphatic heterocycles. The van der Waals surface area contributed by atoms with Gasteiger partial charge in [-0.1, -0.05) is 0 Å². The van der Waals surface area contributed by atoms with Crippen LogP contribution in [-0.2, 0) is 4.79 Å². The highest BCUT2D eigenvalue weighted by Gasteiger charge is 2.08. The Morgan fingerprint density at radius 2 is 2.27 bits per heavy atom. The summed E-state index contributed by atoms with van der Waals surface area (Å²) in [7, 11) is 1.57. The van der Waals surface area contributed by atoms with E-state index in [4.69, 9.17) is 10.5 Å². The highest BCUT2D eigenvalue weighted by Crippen LogP contribution is 2.27. The van der Waals surface area contributed by atoms with Crippen molar-refractivity contribution >= 4 is 27.5 Å². The van der Waals surface area contributed by atoms with Gasteiger partial charge < -0.3 is 15.8 Å². The summed E-state index contributed by atoms with van der Waals surface area (Å²) in [5.41, 5.74) is 6.10. The summed E-state index contributed by atoms with van der Waals surface area (Å²) in [4.78, 5) is 11.3. The minimum atomic E-state index is -0.528. The lowest BCUT2D eigenvalue weighted by Gasteiger charge is -2.09.